The fraction of sp³-hybridized carbons (Fsp3) is 0.158. The number of amides is 2. The van der Waals surface area contributed by atoms with Crippen LogP contribution in [0.2, 0.25) is 5.02 Å². The van der Waals surface area contributed by atoms with Crippen LogP contribution in [0.25, 0.3) is 11.0 Å². The summed E-state index contributed by atoms with van der Waals surface area (Å²) in [7, 11) is 0. The number of anilines is 3. The van der Waals surface area contributed by atoms with Gasteiger partial charge in [0.05, 0.1) is 5.69 Å². The van der Waals surface area contributed by atoms with Crippen molar-refractivity contribution in [3.05, 3.63) is 64.0 Å². The van der Waals surface area contributed by atoms with Crippen molar-refractivity contribution in [3.8, 4) is 0 Å². The van der Waals surface area contributed by atoms with Crippen molar-refractivity contribution >= 4 is 45.7 Å². The second-order valence-corrected chi connectivity index (χ2v) is 6.09. The molecule has 7 heteroatoms. The molecule has 0 saturated carbocycles. The Bertz CT molecular complexity index is 1000. The maximum Gasteiger partial charge on any atom is 0.362 e. The Kier molecular flexibility index (Phi) is 5.43. The van der Waals surface area contributed by atoms with Crippen molar-refractivity contribution in [2.24, 2.45) is 0 Å². The number of halogens is 1. The van der Waals surface area contributed by atoms with E-state index in [4.69, 9.17) is 16.0 Å². The molecule has 0 radical (unpaired) electrons. The number of rotatable bonds is 5. The number of nitrogens with one attached hydrogen (secondary N) is 3. The Labute approximate surface area is 155 Å². The van der Waals surface area contributed by atoms with Gasteiger partial charge >= 0.3 is 11.7 Å². The number of hydrogen-bond acceptors (Lipinski definition) is 4. The molecular formula is C19H18ClN3O3. The molecule has 3 rings (SSSR count). The second-order valence-electron chi connectivity index (χ2n) is 5.65. The third-order valence-corrected chi connectivity index (χ3v) is 3.92. The molecular weight excluding hydrogens is 354 g/mol. The fourth-order valence-corrected chi connectivity index (χ4v) is 2.73. The highest BCUT2D eigenvalue weighted by Crippen LogP contribution is 2.28. The molecule has 3 aromatic rings. The topological polar surface area (TPSA) is 83.4 Å². The molecule has 0 fully saturated rings. The predicted octanol–water partition coefficient (Wildman–Crippen LogP) is 4.91. The Morgan fingerprint density at radius 1 is 1.08 bits per heavy atom. The van der Waals surface area contributed by atoms with Crippen LogP contribution in [-0.4, -0.2) is 12.6 Å². The molecule has 2 aromatic carbocycles. The maximum absolute atomic E-state index is 12.4. The predicted molar refractivity (Wildman–Crippen MR) is 105 cm³/mol. The largest absolute Gasteiger partial charge is 0.421 e. The third kappa shape index (κ3) is 3.97. The summed E-state index contributed by atoms with van der Waals surface area (Å²) in [5.74, 6) is 0. The monoisotopic (exact) mass is 371 g/mol. The zero-order chi connectivity index (χ0) is 18.5. The van der Waals surface area contributed by atoms with Gasteiger partial charge < -0.3 is 15.1 Å². The first-order valence-electron chi connectivity index (χ1n) is 8.21. The van der Waals surface area contributed by atoms with E-state index in [2.05, 4.69) is 16.0 Å². The van der Waals surface area contributed by atoms with Crippen LogP contribution in [0, 0.1) is 0 Å². The highest BCUT2D eigenvalue weighted by atomic mass is 35.5. The van der Waals surface area contributed by atoms with Gasteiger partial charge in [-0.25, -0.2) is 9.59 Å². The van der Waals surface area contributed by atoms with Crippen molar-refractivity contribution in [1.29, 1.82) is 0 Å². The van der Waals surface area contributed by atoms with Crippen LogP contribution in [0.15, 0.2) is 57.7 Å². The molecule has 2 amide bonds. The normalized spacial score (nSPS) is 10.5. The Morgan fingerprint density at radius 3 is 2.65 bits per heavy atom. The minimum Gasteiger partial charge on any atom is -0.421 e. The van der Waals surface area contributed by atoms with Gasteiger partial charge in [-0.1, -0.05) is 36.7 Å². The van der Waals surface area contributed by atoms with Gasteiger partial charge in [0, 0.05) is 22.6 Å². The SMILES string of the molecule is CCCNc1c(NC(=O)Nc2cccc(Cl)c2)c(=O)oc2ccccc12. The van der Waals surface area contributed by atoms with Gasteiger partial charge in [0.25, 0.3) is 0 Å². The molecule has 0 bridgehead atoms. The van der Waals surface area contributed by atoms with Crippen LogP contribution in [0.5, 0.6) is 0 Å². The molecule has 1 aromatic heterocycles. The van der Waals surface area contributed by atoms with Crippen molar-refractivity contribution in [2.75, 3.05) is 22.5 Å². The van der Waals surface area contributed by atoms with E-state index in [1.54, 1.807) is 36.4 Å². The Morgan fingerprint density at radius 2 is 1.88 bits per heavy atom. The average molecular weight is 372 g/mol. The van der Waals surface area contributed by atoms with Crippen LogP contribution < -0.4 is 21.6 Å². The smallest absolute Gasteiger partial charge is 0.362 e. The van der Waals surface area contributed by atoms with Gasteiger partial charge in [0.15, 0.2) is 5.69 Å². The average Bonchev–Trinajstić information content (AvgIpc) is 2.61. The number of fused-ring (bicyclic) bond motifs is 1. The van der Waals surface area contributed by atoms with E-state index >= 15 is 0 Å². The number of hydrogen-bond donors (Lipinski definition) is 3. The molecule has 134 valence electrons. The van der Waals surface area contributed by atoms with Crippen molar-refractivity contribution in [3.63, 3.8) is 0 Å². The summed E-state index contributed by atoms with van der Waals surface area (Å²) in [5.41, 5.74) is 0.959. The summed E-state index contributed by atoms with van der Waals surface area (Å²) in [6.45, 7) is 2.66. The van der Waals surface area contributed by atoms with Gasteiger partial charge in [-0.3, -0.25) is 5.32 Å². The molecule has 0 spiro atoms. The summed E-state index contributed by atoms with van der Waals surface area (Å²) in [6, 6.07) is 13.3. The Hall–Kier alpha value is -2.99. The van der Waals surface area contributed by atoms with Crippen molar-refractivity contribution in [1.82, 2.24) is 0 Å². The molecule has 0 saturated heterocycles. The van der Waals surface area contributed by atoms with Gasteiger partial charge in [-0.15, -0.1) is 0 Å². The maximum atomic E-state index is 12.4. The minimum absolute atomic E-state index is 0.0664. The van der Waals surface area contributed by atoms with Crippen LogP contribution in [0.4, 0.5) is 21.9 Å². The van der Waals surface area contributed by atoms with Crippen LogP contribution in [0.3, 0.4) is 0 Å². The van der Waals surface area contributed by atoms with Gasteiger partial charge in [-0.2, -0.15) is 0 Å². The summed E-state index contributed by atoms with van der Waals surface area (Å²) in [4.78, 5) is 24.7. The lowest BCUT2D eigenvalue weighted by atomic mass is 10.2. The first-order chi connectivity index (χ1) is 12.6. The summed E-state index contributed by atoms with van der Waals surface area (Å²) in [6.07, 6.45) is 0.864. The fourth-order valence-electron chi connectivity index (χ4n) is 2.54. The standard InChI is InChI=1S/C19H18ClN3O3/c1-2-10-21-16-14-8-3-4-9-15(14)26-18(24)17(16)23-19(25)22-13-7-5-6-12(20)11-13/h3-9,11,21H,2,10H2,1H3,(H2,22,23,25). The molecule has 26 heavy (non-hydrogen) atoms. The molecule has 0 aliphatic rings. The molecule has 6 nitrogen and oxygen atoms in total. The minimum atomic E-state index is -0.622. The number of para-hydroxylation sites is 1. The van der Waals surface area contributed by atoms with E-state index < -0.39 is 11.7 Å². The van der Waals surface area contributed by atoms with Crippen LogP contribution in [0.1, 0.15) is 13.3 Å². The van der Waals surface area contributed by atoms with E-state index in [0.717, 1.165) is 11.8 Å². The third-order valence-electron chi connectivity index (χ3n) is 3.69. The Balaban J connectivity index is 1.94. The lowest BCUT2D eigenvalue weighted by Gasteiger charge is -2.14. The molecule has 0 aliphatic heterocycles. The van der Waals surface area contributed by atoms with Crippen LogP contribution in [-0.2, 0) is 0 Å². The summed E-state index contributed by atoms with van der Waals surface area (Å²) >= 11 is 5.91. The van der Waals surface area contributed by atoms with Gasteiger partial charge in [0.1, 0.15) is 5.58 Å². The molecule has 1 heterocycles. The second kappa shape index (κ2) is 7.93. The number of benzene rings is 2. The zero-order valence-electron chi connectivity index (χ0n) is 14.1. The van der Waals surface area contributed by atoms with E-state index in [1.807, 2.05) is 19.1 Å². The number of urea groups is 1. The van der Waals surface area contributed by atoms with Crippen molar-refractivity contribution in [2.45, 2.75) is 13.3 Å². The highest BCUT2D eigenvalue weighted by molar-refractivity contribution is 6.30. The molecule has 0 aliphatic carbocycles. The summed E-state index contributed by atoms with van der Waals surface area (Å²) < 4.78 is 5.32. The van der Waals surface area contributed by atoms with Crippen LogP contribution >= 0.6 is 11.6 Å². The summed E-state index contributed by atoms with van der Waals surface area (Å²) in [5, 5.41) is 9.65. The quantitative estimate of drug-likeness (QED) is 0.556. The number of carbonyl (C=O) groups is 1. The first-order valence-corrected chi connectivity index (χ1v) is 8.59. The lowest BCUT2D eigenvalue weighted by Crippen LogP contribution is -2.24. The van der Waals surface area contributed by atoms with Gasteiger partial charge in [0.2, 0.25) is 0 Å². The van der Waals surface area contributed by atoms with Gasteiger partial charge in [-0.05, 0) is 36.8 Å². The lowest BCUT2D eigenvalue weighted by molar-refractivity contribution is 0.262. The number of carbonyl (C=O) groups excluding carboxylic acids is 1. The van der Waals surface area contributed by atoms with E-state index in [1.165, 1.54) is 0 Å². The van der Waals surface area contributed by atoms with E-state index in [-0.39, 0.29) is 5.69 Å². The van der Waals surface area contributed by atoms with E-state index in [9.17, 15) is 9.59 Å². The zero-order valence-corrected chi connectivity index (χ0v) is 14.9. The van der Waals surface area contributed by atoms with E-state index in [0.29, 0.717) is 28.5 Å². The highest BCUT2D eigenvalue weighted by Gasteiger charge is 2.16. The first kappa shape index (κ1) is 17.8. The molecule has 0 atom stereocenters. The van der Waals surface area contributed by atoms with Crippen molar-refractivity contribution < 1.29 is 9.21 Å². The molecule has 0 unspecified atom stereocenters. The molecule has 3 N–H and O–H groups in total.